The lowest BCUT2D eigenvalue weighted by Gasteiger charge is -2.10. The molecule has 0 aliphatic carbocycles. The highest BCUT2D eigenvalue weighted by Gasteiger charge is 2.13. The molecule has 0 spiro atoms. The normalized spacial score (nSPS) is 11.0. The van der Waals surface area contributed by atoms with Crippen LogP contribution in [0.25, 0.3) is 22.4 Å². The van der Waals surface area contributed by atoms with Crippen LogP contribution in [0.5, 0.6) is 5.75 Å². The predicted molar refractivity (Wildman–Crippen MR) is 137 cm³/mol. The molecule has 0 bridgehead atoms. The summed E-state index contributed by atoms with van der Waals surface area (Å²) in [6.45, 7) is 1.23. The van der Waals surface area contributed by atoms with Gasteiger partial charge in [0.1, 0.15) is 12.3 Å². The molecule has 0 fully saturated rings. The number of aromatic amines is 1. The first-order valence-electron chi connectivity index (χ1n) is 11.1. The van der Waals surface area contributed by atoms with Crippen LogP contribution < -0.4 is 10.1 Å². The second-order valence-corrected chi connectivity index (χ2v) is 8.51. The van der Waals surface area contributed by atoms with Crippen molar-refractivity contribution in [3.63, 3.8) is 0 Å². The minimum absolute atomic E-state index is 0.0719. The number of carbonyl (C=O) groups is 1. The van der Waals surface area contributed by atoms with Crippen LogP contribution in [0.1, 0.15) is 11.1 Å². The molecular weight excluding hydrogens is 460 g/mol. The van der Waals surface area contributed by atoms with E-state index in [1.54, 1.807) is 11.7 Å². The maximum absolute atomic E-state index is 12.7. The second kappa shape index (κ2) is 9.94. The third-order valence-corrected chi connectivity index (χ3v) is 6.11. The first-order valence-corrected chi connectivity index (χ1v) is 11.6. The molecule has 8 nitrogen and oxygen atoms in total. The Labute approximate surface area is 207 Å². The Hall–Kier alpha value is -4.24. The summed E-state index contributed by atoms with van der Waals surface area (Å²) in [5, 5.41) is 10.0. The third-order valence-electron chi connectivity index (χ3n) is 5.80. The molecule has 5 aromatic rings. The number of hydrogen-bond acceptors (Lipinski definition) is 5. The Morgan fingerprint density at radius 1 is 1.03 bits per heavy atom. The van der Waals surface area contributed by atoms with Gasteiger partial charge in [-0.25, -0.2) is 4.98 Å². The van der Waals surface area contributed by atoms with E-state index in [1.807, 2.05) is 60.9 Å². The molecule has 9 heteroatoms. The number of amides is 1. The van der Waals surface area contributed by atoms with E-state index < -0.39 is 0 Å². The number of nitrogens with one attached hydrogen (secondary N) is 2. The van der Waals surface area contributed by atoms with Crippen LogP contribution in [0.4, 0.5) is 0 Å². The van der Waals surface area contributed by atoms with Crippen molar-refractivity contribution in [2.45, 2.75) is 19.6 Å². The number of H-pyrrole nitrogens is 1. The van der Waals surface area contributed by atoms with Crippen molar-refractivity contribution >= 4 is 29.2 Å². The predicted octanol–water partition coefficient (Wildman–Crippen LogP) is 4.33. The standard InChI is InChI=1S/C26H24N6O2S/c1-34-21-12-10-20(11-13-21)25-29-30-26(35)32(25)16-24(33)27-14-18-6-8-19(9-7-18)15-31-17-28-22-4-2-3-5-23(22)31/h2-13,17H,14-16H2,1H3,(H,27,33)(H,30,35). The van der Waals surface area contributed by atoms with Gasteiger partial charge in [0, 0.05) is 18.7 Å². The number of benzene rings is 3. The zero-order valence-corrected chi connectivity index (χ0v) is 20.0. The Morgan fingerprint density at radius 3 is 2.54 bits per heavy atom. The SMILES string of the molecule is COc1ccc(-c2n[nH]c(=S)n2CC(=O)NCc2ccc(Cn3cnc4ccccc43)cc2)cc1. The first kappa shape index (κ1) is 22.5. The van der Waals surface area contributed by atoms with E-state index in [9.17, 15) is 4.79 Å². The first-order chi connectivity index (χ1) is 17.1. The Morgan fingerprint density at radius 2 is 1.77 bits per heavy atom. The molecule has 5 rings (SSSR count). The summed E-state index contributed by atoms with van der Waals surface area (Å²) >= 11 is 5.34. The minimum atomic E-state index is -0.147. The van der Waals surface area contributed by atoms with Crippen molar-refractivity contribution in [2.24, 2.45) is 0 Å². The zero-order chi connectivity index (χ0) is 24.2. The van der Waals surface area contributed by atoms with Gasteiger partial charge in [-0.05, 0) is 59.7 Å². The topological polar surface area (TPSA) is 89.8 Å². The molecule has 0 radical (unpaired) electrons. The van der Waals surface area contributed by atoms with E-state index in [2.05, 4.69) is 43.3 Å². The smallest absolute Gasteiger partial charge is 0.240 e. The van der Waals surface area contributed by atoms with Crippen LogP contribution in [0.3, 0.4) is 0 Å². The minimum Gasteiger partial charge on any atom is -0.497 e. The van der Waals surface area contributed by atoms with E-state index in [-0.39, 0.29) is 12.5 Å². The molecule has 2 aromatic heterocycles. The fourth-order valence-electron chi connectivity index (χ4n) is 3.92. The fourth-order valence-corrected chi connectivity index (χ4v) is 4.12. The van der Waals surface area contributed by atoms with Crippen LogP contribution in [-0.4, -0.2) is 37.3 Å². The van der Waals surface area contributed by atoms with Gasteiger partial charge in [-0.15, -0.1) is 0 Å². The maximum atomic E-state index is 12.7. The van der Waals surface area contributed by atoms with Crippen molar-refractivity contribution in [3.05, 3.63) is 95.0 Å². The fraction of sp³-hybridized carbons (Fsp3) is 0.154. The van der Waals surface area contributed by atoms with Gasteiger partial charge in [-0.2, -0.15) is 5.10 Å². The molecule has 2 heterocycles. The number of nitrogens with zero attached hydrogens (tertiary/aromatic N) is 4. The van der Waals surface area contributed by atoms with Crippen molar-refractivity contribution < 1.29 is 9.53 Å². The molecule has 0 aliphatic rings. The lowest BCUT2D eigenvalue weighted by molar-refractivity contribution is -0.121. The number of imidazole rings is 1. The van der Waals surface area contributed by atoms with Gasteiger partial charge in [0.2, 0.25) is 5.91 Å². The average molecular weight is 485 g/mol. The van der Waals surface area contributed by atoms with Crippen molar-refractivity contribution in [2.75, 3.05) is 7.11 Å². The summed E-state index contributed by atoms with van der Waals surface area (Å²) in [7, 11) is 1.62. The summed E-state index contributed by atoms with van der Waals surface area (Å²) < 4.78 is 9.41. The molecule has 0 saturated heterocycles. The highest BCUT2D eigenvalue weighted by molar-refractivity contribution is 7.71. The van der Waals surface area contributed by atoms with Crippen LogP contribution in [0.2, 0.25) is 0 Å². The van der Waals surface area contributed by atoms with E-state index in [0.717, 1.165) is 40.0 Å². The average Bonchev–Trinajstić information content (AvgIpc) is 3.47. The van der Waals surface area contributed by atoms with E-state index >= 15 is 0 Å². The quantitative estimate of drug-likeness (QED) is 0.320. The summed E-state index contributed by atoms with van der Waals surface area (Å²) in [5.41, 5.74) is 5.11. The van der Waals surface area contributed by atoms with Gasteiger partial charge < -0.3 is 14.6 Å². The molecule has 35 heavy (non-hydrogen) atoms. The molecule has 0 saturated carbocycles. The number of fused-ring (bicyclic) bond motifs is 1. The lowest BCUT2D eigenvalue weighted by Crippen LogP contribution is -2.27. The van der Waals surface area contributed by atoms with Crippen LogP contribution >= 0.6 is 12.2 Å². The Balaban J connectivity index is 1.20. The monoisotopic (exact) mass is 484 g/mol. The number of methoxy groups -OCH3 is 1. The number of carbonyl (C=O) groups excluding carboxylic acids is 1. The largest absolute Gasteiger partial charge is 0.497 e. The van der Waals surface area contributed by atoms with Gasteiger partial charge in [-0.3, -0.25) is 14.5 Å². The van der Waals surface area contributed by atoms with Gasteiger partial charge in [0.05, 0.1) is 24.5 Å². The lowest BCUT2D eigenvalue weighted by atomic mass is 10.1. The molecule has 2 N–H and O–H groups in total. The number of aromatic nitrogens is 5. The van der Waals surface area contributed by atoms with Gasteiger partial charge >= 0.3 is 0 Å². The van der Waals surface area contributed by atoms with E-state index in [0.29, 0.717) is 17.1 Å². The summed E-state index contributed by atoms with van der Waals surface area (Å²) in [6, 6.07) is 23.7. The summed E-state index contributed by atoms with van der Waals surface area (Å²) in [4.78, 5) is 17.1. The Kier molecular flexibility index (Phi) is 6.40. The van der Waals surface area contributed by atoms with Crippen LogP contribution in [0, 0.1) is 4.77 Å². The highest BCUT2D eigenvalue weighted by atomic mass is 32.1. The van der Waals surface area contributed by atoms with Crippen molar-refractivity contribution in [3.8, 4) is 17.1 Å². The van der Waals surface area contributed by atoms with E-state index in [4.69, 9.17) is 17.0 Å². The number of hydrogen-bond donors (Lipinski definition) is 2. The number of rotatable bonds is 8. The van der Waals surface area contributed by atoms with Gasteiger partial charge in [0.15, 0.2) is 10.6 Å². The van der Waals surface area contributed by atoms with Crippen molar-refractivity contribution in [1.29, 1.82) is 0 Å². The number of ether oxygens (including phenoxy) is 1. The van der Waals surface area contributed by atoms with Crippen molar-refractivity contribution in [1.82, 2.24) is 29.6 Å². The number of para-hydroxylation sites is 2. The molecule has 176 valence electrons. The molecule has 0 aliphatic heterocycles. The van der Waals surface area contributed by atoms with Crippen LogP contribution in [0.15, 0.2) is 79.1 Å². The van der Waals surface area contributed by atoms with Crippen LogP contribution in [-0.2, 0) is 24.4 Å². The maximum Gasteiger partial charge on any atom is 0.240 e. The molecule has 0 unspecified atom stereocenters. The highest BCUT2D eigenvalue weighted by Crippen LogP contribution is 2.21. The Bertz CT molecular complexity index is 1520. The summed E-state index contributed by atoms with van der Waals surface area (Å²) in [5.74, 6) is 1.20. The second-order valence-electron chi connectivity index (χ2n) is 8.12. The molecule has 3 aromatic carbocycles. The van der Waals surface area contributed by atoms with E-state index in [1.165, 1.54) is 0 Å². The molecule has 1 amide bonds. The third kappa shape index (κ3) is 4.99. The van der Waals surface area contributed by atoms with Gasteiger partial charge in [0.25, 0.3) is 0 Å². The molecule has 0 atom stereocenters. The summed E-state index contributed by atoms with van der Waals surface area (Å²) in [6.07, 6.45) is 1.86. The zero-order valence-electron chi connectivity index (χ0n) is 19.1. The van der Waals surface area contributed by atoms with Gasteiger partial charge in [-0.1, -0.05) is 36.4 Å². The molecular formula is C26H24N6O2S.